The highest BCUT2D eigenvalue weighted by molar-refractivity contribution is 5.95. The monoisotopic (exact) mass is 313 g/mol. The first kappa shape index (κ1) is 15.7. The predicted octanol–water partition coefficient (Wildman–Crippen LogP) is 5.26. The van der Waals surface area contributed by atoms with Crippen molar-refractivity contribution < 1.29 is 13.9 Å². The zero-order valence-corrected chi connectivity index (χ0v) is 13.2. The highest BCUT2D eigenvalue weighted by atomic mass is 19.1. The van der Waals surface area contributed by atoms with Gasteiger partial charge in [0.2, 0.25) is 0 Å². The Morgan fingerprint density at radius 3 is 2.57 bits per heavy atom. The quantitative estimate of drug-likeness (QED) is 0.706. The number of aromatic nitrogens is 1. The van der Waals surface area contributed by atoms with Gasteiger partial charge in [-0.2, -0.15) is 0 Å². The van der Waals surface area contributed by atoms with Crippen LogP contribution in [0.25, 0.3) is 0 Å². The molecule has 1 heterocycles. The van der Waals surface area contributed by atoms with E-state index >= 15 is 0 Å². The molecule has 3 nitrogen and oxygen atoms in total. The van der Waals surface area contributed by atoms with Gasteiger partial charge in [0.25, 0.3) is 5.88 Å². The third-order valence-corrected chi connectivity index (χ3v) is 4.37. The molecule has 0 atom stereocenters. The summed E-state index contributed by atoms with van der Waals surface area (Å²) in [5.41, 5.74) is 1.58. The Bertz CT molecular complexity index is 691. The fourth-order valence-corrected chi connectivity index (χ4v) is 3.04. The van der Waals surface area contributed by atoms with Crippen LogP contribution in [0.5, 0.6) is 11.6 Å². The number of pyridine rings is 1. The van der Waals surface area contributed by atoms with Crippen molar-refractivity contribution in [1.29, 1.82) is 0 Å². The molecule has 1 aliphatic rings. The number of Topliss-reactive ketones (excluding diaryl/α,β-unsaturated/α-hetero) is 1. The van der Waals surface area contributed by atoms with Crippen LogP contribution in [-0.4, -0.2) is 10.8 Å². The van der Waals surface area contributed by atoms with Crippen molar-refractivity contribution in [1.82, 2.24) is 4.98 Å². The van der Waals surface area contributed by atoms with Gasteiger partial charge in [-0.15, -0.1) is 0 Å². The number of benzene rings is 1. The number of rotatable bonds is 5. The lowest BCUT2D eigenvalue weighted by Gasteiger charge is -2.11. The summed E-state index contributed by atoms with van der Waals surface area (Å²) in [6, 6.07) is 8.96. The van der Waals surface area contributed by atoms with E-state index in [1.807, 2.05) is 24.3 Å². The molecule has 0 radical (unpaired) electrons. The molecule has 0 unspecified atom stereocenters. The Morgan fingerprint density at radius 1 is 1.26 bits per heavy atom. The van der Waals surface area contributed by atoms with Crippen molar-refractivity contribution in [3.8, 4) is 11.6 Å². The Morgan fingerprint density at radius 2 is 1.96 bits per heavy atom. The number of carbonyl (C=O) groups is 1. The van der Waals surface area contributed by atoms with E-state index in [1.165, 1.54) is 43.5 Å². The van der Waals surface area contributed by atoms with E-state index in [1.54, 1.807) is 6.92 Å². The van der Waals surface area contributed by atoms with E-state index in [2.05, 4.69) is 4.98 Å². The van der Waals surface area contributed by atoms with Gasteiger partial charge < -0.3 is 4.74 Å². The van der Waals surface area contributed by atoms with Crippen LogP contribution in [0.15, 0.2) is 36.5 Å². The van der Waals surface area contributed by atoms with Crippen molar-refractivity contribution in [3.05, 3.63) is 53.5 Å². The molecule has 0 N–H and O–H groups in total. The molecule has 1 fully saturated rings. The van der Waals surface area contributed by atoms with Gasteiger partial charge in [-0.3, -0.25) is 4.79 Å². The fourth-order valence-electron chi connectivity index (χ4n) is 3.04. The molecule has 3 rings (SSSR count). The SMILES string of the molecule is CCC(=O)c1cnc(Oc2ccc(C3CCCC3)cc2)c(F)c1. The van der Waals surface area contributed by atoms with Crippen molar-refractivity contribution in [3.63, 3.8) is 0 Å². The number of hydrogen-bond acceptors (Lipinski definition) is 3. The molecular formula is C19H20FNO2. The second-order valence-electron chi connectivity index (χ2n) is 5.94. The molecule has 0 saturated heterocycles. The average molecular weight is 313 g/mol. The van der Waals surface area contributed by atoms with Crippen LogP contribution in [0.1, 0.15) is 60.9 Å². The first-order valence-electron chi connectivity index (χ1n) is 8.14. The lowest BCUT2D eigenvalue weighted by Crippen LogP contribution is -2.00. The molecule has 23 heavy (non-hydrogen) atoms. The number of carbonyl (C=O) groups excluding carboxylic acids is 1. The molecule has 1 aromatic heterocycles. The third kappa shape index (κ3) is 3.58. The van der Waals surface area contributed by atoms with Gasteiger partial charge in [-0.25, -0.2) is 9.37 Å². The van der Waals surface area contributed by atoms with Gasteiger partial charge in [-0.05, 0) is 42.5 Å². The molecule has 1 aromatic carbocycles. The van der Waals surface area contributed by atoms with E-state index in [9.17, 15) is 9.18 Å². The second-order valence-corrected chi connectivity index (χ2v) is 5.94. The average Bonchev–Trinajstić information content (AvgIpc) is 3.11. The van der Waals surface area contributed by atoms with Gasteiger partial charge in [0.15, 0.2) is 11.6 Å². The van der Waals surface area contributed by atoms with Crippen LogP contribution in [0.4, 0.5) is 4.39 Å². The van der Waals surface area contributed by atoms with Gasteiger partial charge in [-0.1, -0.05) is 31.9 Å². The van der Waals surface area contributed by atoms with E-state index in [0.29, 0.717) is 18.1 Å². The Hall–Kier alpha value is -2.23. The topological polar surface area (TPSA) is 39.2 Å². The van der Waals surface area contributed by atoms with Crippen LogP contribution in [0.3, 0.4) is 0 Å². The number of ether oxygens (including phenoxy) is 1. The molecule has 1 aliphatic carbocycles. The molecule has 0 amide bonds. The van der Waals surface area contributed by atoms with Gasteiger partial charge in [0, 0.05) is 18.2 Å². The number of halogens is 1. The first-order valence-corrected chi connectivity index (χ1v) is 8.14. The highest BCUT2D eigenvalue weighted by Crippen LogP contribution is 2.35. The van der Waals surface area contributed by atoms with Crippen molar-refractivity contribution in [2.45, 2.75) is 44.9 Å². The molecule has 0 bridgehead atoms. The maximum atomic E-state index is 14.0. The molecule has 0 spiro atoms. The van der Waals surface area contributed by atoms with Crippen LogP contribution < -0.4 is 4.74 Å². The van der Waals surface area contributed by atoms with Gasteiger partial charge in [0.05, 0.1) is 0 Å². The van der Waals surface area contributed by atoms with Crippen LogP contribution in [0.2, 0.25) is 0 Å². The lowest BCUT2D eigenvalue weighted by atomic mass is 9.98. The van der Waals surface area contributed by atoms with Crippen molar-refractivity contribution in [2.24, 2.45) is 0 Å². The zero-order chi connectivity index (χ0) is 16.2. The summed E-state index contributed by atoms with van der Waals surface area (Å²) < 4.78 is 19.5. The van der Waals surface area contributed by atoms with E-state index in [4.69, 9.17) is 4.74 Å². The molecule has 120 valence electrons. The summed E-state index contributed by atoms with van der Waals surface area (Å²) in [5, 5.41) is 0. The van der Waals surface area contributed by atoms with Crippen molar-refractivity contribution in [2.75, 3.05) is 0 Å². The van der Waals surface area contributed by atoms with Gasteiger partial charge in [0.1, 0.15) is 5.75 Å². The van der Waals surface area contributed by atoms with E-state index in [-0.39, 0.29) is 17.2 Å². The normalized spacial score (nSPS) is 14.9. The molecule has 2 aromatic rings. The predicted molar refractivity (Wildman–Crippen MR) is 86.5 cm³/mol. The lowest BCUT2D eigenvalue weighted by molar-refractivity contribution is 0.0987. The van der Waals surface area contributed by atoms with Crippen molar-refractivity contribution >= 4 is 5.78 Å². The summed E-state index contributed by atoms with van der Waals surface area (Å²) in [6.07, 6.45) is 6.75. The molecule has 0 aliphatic heterocycles. The summed E-state index contributed by atoms with van der Waals surface area (Å²) >= 11 is 0. The maximum absolute atomic E-state index is 14.0. The standard InChI is InChI=1S/C19H20FNO2/c1-2-18(22)15-11-17(20)19(21-12-15)23-16-9-7-14(8-10-16)13-5-3-4-6-13/h7-13H,2-6H2,1H3. The van der Waals surface area contributed by atoms with Crippen LogP contribution in [0, 0.1) is 5.82 Å². The second kappa shape index (κ2) is 6.90. The highest BCUT2D eigenvalue weighted by Gasteiger charge is 2.17. The Balaban J connectivity index is 1.72. The van der Waals surface area contributed by atoms with E-state index in [0.717, 1.165) is 0 Å². The van der Waals surface area contributed by atoms with Crippen LogP contribution >= 0.6 is 0 Å². The molecule has 1 saturated carbocycles. The first-order chi connectivity index (χ1) is 11.2. The summed E-state index contributed by atoms with van der Waals surface area (Å²) in [7, 11) is 0. The van der Waals surface area contributed by atoms with E-state index < -0.39 is 5.82 Å². The smallest absolute Gasteiger partial charge is 0.255 e. The molecule has 4 heteroatoms. The number of nitrogens with zero attached hydrogens (tertiary/aromatic N) is 1. The van der Waals surface area contributed by atoms with Crippen LogP contribution in [-0.2, 0) is 0 Å². The summed E-state index contributed by atoms with van der Waals surface area (Å²) in [6.45, 7) is 1.73. The minimum absolute atomic E-state index is 0.105. The Labute approximate surface area is 135 Å². The third-order valence-electron chi connectivity index (χ3n) is 4.37. The fraction of sp³-hybridized carbons (Fsp3) is 0.368. The maximum Gasteiger partial charge on any atom is 0.255 e. The minimum Gasteiger partial charge on any atom is -0.436 e. The zero-order valence-electron chi connectivity index (χ0n) is 13.2. The number of hydrogen-bond donors (Lipinski definition) is 0. The summed E-state index contributed by atoms with van der Waals surface area (Å²) in [5.74, 6) is 0.324. The largest absolute Gasteiger partial charge is 0.436 e. The minimum atomic E-state index is -0.621. The van der Waals surface area contributed by atoms with Gasteiger partial charge >= 0.3 is 0 Å². The summed E-state index contributed by atoms with van der Waals surface area (Å²) in [4.78, 5) is 15.5. The number of ketones is 1. The molecular weight excluding hydrogens is 293 g/mol. The Kier molecular flexibility index (Phi) is 4.70.